The van der Waals surface area contributed by atoms with Gasteiger partial charge in [-0.3, -0.25) is 4.90 Å². The first-order valence-electron chi connectivity index (χ1n) is 6.10. The molecule has 2 rings (SSSR count). The standard InChI is InChI=1S/C11H20N4OS/c1-3-12-10-9(13-14-17-10)7-15-6-4-5-11(2,16)8-15/h12,16H,3-8H2,1-2H3. The van der Waals surface area contributed by atoms with E-state index in [4.69, 9.17) is 0 Å². The molecule has 0 aliphatic carbocycles. The third-order valence-electron chi connectivity index (χ3n) is 3.02. The van der Waals surface area contributed by atoms with Crippen molar-refractivity contribution in [2.75, 3.05) is 25.0 Å². The molecule has 0 radical (unpaired) electrons. The Hall–Kier alpha value is -0.720. The highest BCUT2D eigenvalue weighted by Crippen LogP contribution is 2.24. The number of nitrogens with zero attached hydrogens (tertiary/aromatic N) is 3. The fraction of sp³-hybridized carbons (Fsp3) is 0.818. The molecule has 1 aromatic rings. The highest BCUT2D eigenvalue weighted by Gasteiger charge is 2.29. The summed E-state index contributed by atoms with van der Waals surface area (Å²) in [6.45, 7) is 7.37. The van der Waals surface area contributed by atoms with E-state index in [1.165, 1.54) is 11.5 Å². The normalized spacial score (nSPS) is 26.1. The van der Waals surface area contributed by atoms with Gasteiger partial charge in [0.15, 0.2) is 0 Å². The van der Waals surface area contributed by atoms with Crippen molar-refractivity contribution in [3.63, 3.8) is 0 Å². The Balaban J connectivity index is 1.98. The summed E-state index contributed by atoms with van der Waals surface area (Å²) in [5, 5.41) is 18.5. The van der Waals surface area contributed by atoms with Gasteiger partial charge in [0.2, 0.25) is 0 Å². The maximum atomic E-state index is 10.1. The number of nitrogens with one attached hydrogen (secondary N) is 1. The van der Waals surface area contributed by atoms with Gasteiger partial charge in [-0.2, -0.15) is 0 Å². The van der Waals surface area contributed by atoms with Crippen molar-refractivity contribution in [2.45, 2.75) is 38.8 Å². The topological polar surface area (TPSA) is 61.3 Å². The molecule has 1 aromatic heterocycles. The van der Waals surface area contributed by atoms with E-state index >= 15 is 0 Å². The number of anilines is 1. The van der Waals surface area contributed by atoms with Gasteiger partial charge in [-0.15, -0.1) is 5.10 Å². The summed E-state index contributed by atoms with van der Waals surface area (Å²) in [6, 6.07) is 0. The number of hydrogen-bond donors (Lipinski definition) is 2. The van der Waals surface area contributed by atoms with Gasteiger partial charge in [0.05, 0.1) is 5.60 Å². The van der Waals surface area contributed by atoms with E-state index < -0.39 is 5.60 Å². The average Bonchev–Trinajstić information content (AvgIpc) is 2.65. The maximum absolute atomic E-state index is 10.1. The first-order chi connectivity index (χ1) is 8.11. The second-order valence-corrected chi connectivity index (χ2v) is 5.64. The smallest absolute Gasteiger partial charge is 0.134 e. The van der Waals surface area contributed by atoms with Gasteiger partial charge in [-0.25, -0.2) is 0 Å². The lowest BCUT2D eigenvalue weighted by Gasteiger charge is -2.36. The Morgan fingerprint density at radius 3 is 3.12 bits per heavy atom. The van der Waals surface area contributed by atoms with Crippen molar-refractivity contribution in [3.8, 4) is 0 Å². The molecule has 1 atom stereocenters. The largest absolute Gasteiger partial charge is 0.389 e. The Morgan fingerprint density at radius 2 is 2.41 bits per heavy atom. The maximum Gasteiger partial charge on any atom is 0.134 e. The number of aromatic nitrogens is 2. The first kappa shape index (κ1) is 12.7. The van der Waals surface area contributed by atoms with Crippen LogP contribution in [0.5, 0.6) is 0 Å². The minimum Gasteiger partial charge on any atom is -0.389 e. The molecule has 1 unspecified atom stereocenters. The van der Waals surface area contributed by atoms with Crippen LogP contribution in [0.3, 0.4) is 0 Å². The van der Waals surface area contributed by atoms with Gasteiger partial charge in [0, 0.05) is 31.2 Å². The van der Waals surface area contributed by atoms with Crippen molar-refractivity contribution < 1.29 is 5.11 Å². The van der Waals surface area contributed by atoms with Gasteiger partial charge in [0.1, 0.15) is 10.7 Å². The van der Waals surface area contributed by atoms with Crippen LogP contribution in [0.25, 0.3) is 0 Å². The van der Waals surface area contributed by atoms with E-state index in [2.05, 4.69) is 26.7 Å². The molecule has 1 fully saturated rings. The van der Waals surface area contributed by atoms with E-state index in [1.54, 1.807) is 0 Å². The van der Waals surface area contributed by atoms with Crippen molar-refractivity contribution in [1.29, 1.82) is 0 Å². The van der Waals surface area contributed by atoms with E-state index in [0.29, 0.717) is 0 Å². The molecule has 17 heavy (non-hydrogen) atoms. The van der Waals surface area contributed by atoms with Crippen LogP contribution in [0.4, 0.5) is 5.00 Å². The zero-order chi connectivity index (χ0) is 12.3. The molecule has 1 aliphatic heterocycles. The second-order valence-electron chi connectivity index (χ2n) is 4.89. The quantitative estimate of drug-likeness (QED) is 0.850. The zero-order valence-corrected chi connectivity index (χ0v) is 11.3. The van der Waals surface area contributed by atoms with Gasteiger partial charge in [-0.1, -0.05) is 4.49 Å². The van der Waals surface area contributed by atoms with Gasteiger partial charge >= 0.3 is 0 Å². The van der Waals surface area contributed by atoms with Gasteiger partial charge in [-0.05, 0) is 33.2 Å². The molecular formula is C11H20N4OS. The second kappa shape index (κ2) is 5.29. The highest BCUT2D eigenvalue weighted by molar-refractivity contribution is 7.10. The molecule has 0 saturated carbocycles. The van der Waals surface area contributed by atoms with Crippen LogP contribution >= 0.6 is 11.5 Å². The summed E-state index contributed by atoms with van der Waals surface area (Å²) in [6.07, 6.45) is 1.93. The molecule has 2 N–H and O–H groups in total. The van der Waals surface area contributed by atoms with Crippen LogP contribution in [0.1, 0.15) is 32.4 Å². The van der Waals surface area contributed by atoms with Crippen LogP contribution in [-0.2, 0) is 6.54 Å². The van der Waals surface area contributed by atoms with Crippen molar-refractivity contribution in [1.82, 2.24) is 14.5 Å². The Bertz CT molecular complexity index is 366. The predicted molar refractivity (Wildman–Crippen MR) is 69.2 cm³/mol. The fourth-order valence-corrected chi connectivity index (χ4v) is 2.92. The van der Waals surface area contributed by atoms with Crippen molar-refractivity contribution in [3.05, 3.63) is 5.69 Å². The third kappa shape index (κ3) is 3.37. The van der Waals surface area contributed by atoms with Crippen LogP contribution < -0.4 is 5.32 Å². The Morgan fingerprint density at radius 1 is 1.59 bits per heavy atom. The van der Waals surface area contributed by atoms with E-state index in [9.17, 15) is 5.11 Å². The first-order valence-corrected chi connectivity index (χ1v) is 6.88. The number of β-amino-alcohol motifs (C(OH)–C–C–N with tert-alkyl or cyclic N) is 1. The molecular weight excluding hydrogens is 236 g/mol. The minimum atomic E-state index is -0.556. The Kier molecular flexibility index (Phi) is 3.96. The number of piperidine rings is 1. The van der Waals surface area contributed by atoms with Crippen LogP contribution in [0, 0.1) is 0 Å². The minimum absolute atomic E-state index is 0.556. The van der Waals surface area contributed by atoms with E-state index in [0.717, 1.165) is 49.7 Å². The molecule has 0 bridgehead atoms. The number of likely N-dealkylation sites (tertiary alicyclic amines) is 1. The average molecular weight is 256 g/mol. The molecule has 96 valence electrons. The monoisotopic (exact) mass is 256 g/mol. The SMILES string of the molecule is CCNc1snnc1CN1CCCC(C)(O)C1. The summed E-state index contributed by atoms with van der Waals surface area (Å²) >= 11 is 1.40. The van der Waals surface area contributed by atoms with Crippen LogP contribution in [0.15, 0.2) is 0 Å². The molecule has 1 saturated heterocycles. The van der Waals surface area contributed by atoms with E-state index in [-0.39, 0.29) is 0 Å². The Labute approximate surface area is 106 Å². The lowest BCUT2D eigenvalue weighted by atomic mass is 9.95. The molecule has 6 heteroatoms. The van der Waals surface area contributed by atoms with Gasteiger partial charge < -0.3 is 10.4 Å². The molecule has 0 aromatic carbocycles. The van der Waals surface area contributed by atoms with Crippen molar-refractivity contribution in [2.24, 2.45) is 0 Å². The molecule has 2 heterocycles. The molecule has 0 spiro atoms. The zero-order valence-electron chi connectivity index (χ0n) is 10.4. The highest BCUT2D eigenvalue weighted by atomic mass is 32.1. The van der Waals surface area contributed by atoms with E-state index in [1.807, 2.05) is 6.92 Å². The molecule has 5 nitrogen and oxygen atoms in total. The lowest BCUT2D eigenvalue weighted by Crippen LogP contribution is -2.45. The van der Waals surface area contributed by atoms with Gasteiger partial charge in [0.25, 0.3) is 0 Å². The third-order valence-corrected chi connectivity index (χ3v) is 3.75. The summed E-state index contributed by atoms with van der Waals surface area (Å²) in [5.74, 6) is 0. The van der Waals surface area contributed by atoms with Crippen LogP contribution in [-0.4, -0.2) is 44.8 Å². The van der Waals surface area contributed by atoms with Crippen molar-refractivity contribution >= 4 is 16.5 Å². The number of hydrogen-bond acceptors (Lipinski definition) is 6. The summed E-state index contributed by atoms with van der Waals surface area (Å²) in [5.41, 5.74) is 0.439. The number of rotatable bonds is 4. The van der Waals surface area contributed by atoms with Crippen LogP contribution in [0.2, 0.25) is 0 Å². The molecule has 0 amide bonds. The predicted octanol–water partition coefficient (Wildman–Crippen LogP) is 1.32. The fourth-order valence-electron chi connectivity index (χ4n) is 2.28. The summed E-state index contributed by atoms with van der Waals surface area (Å²) < 4.78 is 3.98. The molecule has 1 aliphatic rings. The summed E-state index contributed by atoms with van der Waals surface area (Å²) in [7, 11) is 0. The summed E-state index contributed by atoms with van der Waals surface area (Å²) in [4.78, 5) is 2.25. The lowest BCUT2D eigenvalue weighted by molar-refractivity contribution is -0.0184. The number of aliphatic hydroxyl groups is 1.